The van der Waals surface area contributed by atoms with Crippen molar-refractivity contribution < 1.29 is 9.53 Å². The van der Waals surface area contributed by atoms with Crippen LogP contribution < -0.4 is 10.1 Å². The maximum atomic E-state index is 11.7. The Morgan fingerprint density at radius 3 is 2.53 bits per heavy atom. The highest BCUT2D eigenvalue weighted by Crippen LogP contribution is 2.18. The van der Waals surface area contributed by atoms with E-state index in [-0.39, 0.29) is 12.5 Å². The minimum absolute atomic E-state index is 0.0226. The van der Waals surface area contributed by atoms with Gasteiger partial charge in [0, 0.05) is 4.90 Å². The number of carbonyl (C=O) groups is 1. The number of para-hydroxylation sites is 1. The summed E-state index contributed by atoms with van der Waals surface area (Å²) in [6.45, 7) is 1.98. The first-order valence-corrected chi connectivity index (χ1v) is 6.37. The van der Waals surface area contributed by atoms with E-state index < -0.39 is 0 Å². The molecule has 0 heterocycles. The van der Waals surface area contributed by atoms with Crippen LogP contribution >= 0.6 is 12.6 Å². The number of ether oxygens (including phenoxy) is 1. The molecule has 0 aliphatic rings. The molecule has 0 bridgehead atoms. The van der Waals surface area contributed by atoms with Crippen LogP contribution in [0.3, 0.4) is 0 Å². The van der Waals surface area contributed by atoms with E-state index in [1.54, 1.807) is 6.07 Å². The molecule has 1 N–H and O–H groups in total. The zero-order chi connectivity index (χ0) is 13.7. The predicted molar refractivity (Wildman–Crippen MR) is 79.0 cm³/mol. The van der Waals surface area contributed by atoms with E-state index in [9.17, 15) is 4.79 Å². The molecule has 19 heavy (non-hydrogen) atoms. The number of rotatable bonds is 4. The first kappa shape index (κ1) is 13.5. The molecular formula is C15H15NO2S. The molecule has 2 aromatic rings. The highest BCUT2D eigenvalue weighted by Gasteiger charge is 2.05. The zero-order valence-electron chi connectivity index (χ0n) is 10.6. The van der Waals surface area contributed by atoms with E-state index in [2.05, 4.69) is 17.9 Å². The van der Waals surface area contributed by atoms with Crippen LogP contribution in [0.4, 0.5) is 5.69 Å². The summed E-state index contributed by atoms with van der Waals surface area (Å²) in [7, 11) is 0. The number of amides is 1. The van der Waals surface area contributed by atoms with Crippen molar-refractivity contribution in [2.45, 2.75) is 11.8 Å². The molecule has 0 aliphatic heterocycles. The fourth-order valence-corrected chi connectivity index (χ4v) is 1.77. The Morgan fingerprint density at radius 2 is 1.84 bits per heavy atom. The fraction of sp³-hybridized carbons (Fsp3) is 0.133. The Kier molecular flexibility index (Phi) is 4.47. The lowest BCUT2D eigenvalue weighted by atomic mass is 10.2. The zero-order valence-corrected chi connectivity index (χ0v) is 11.5. The van der Waals surface area contributed by atoms with Crippen molar-refractivity contribution in [1.82, 2.24) is 0 Å². The van der Waals surface area contributed by atoms with E-state index in [1.807, 2.05) is 49.4 Å². The summed E-state index contributed by atoms with van der Waals surface area (Å²) in [5.74, 6) is 0.474. The van der Waals surface area contributed by atoms with Crippen LogP contribution in [0.2, 0.25) is 0 Å². The van der Waals surface area contributed by atoms with Gasteiger partial charge < -0.3 is 10.1 Å². The monoisotopic (exact) mass is 273 g/mol. The second kappa shape index (κ2) is 6.29. The van der Waals surface area contributed by atoms with Gasteiger partial charge in [-0.3, -0.25) is 4.79 Å². The number of thiol groups is 1. The summed E-state index contributed by atoms with van der Waals surface area (Å²) in [5.41, 5.74) is 1.84. The average molecular weight is 273 g/mol. The van der Waals surface area contributed by atoms with E-state index in [4.69, 9.17) is 4.74 Å². The number of hydrogen-bond acceptors (Lipinski definition) is 3. The highest BCUT2D eigenvalue weighted by atomic mass is 32.1. The molecule has 2 rings (SSSR count). The molecule has 1 amide bonds. The van der Waals surface area contributed by atoms with Crippen molar-refractivity contribution >= 4 is 24.2 Å². The van der Waals surface area contributed by atoms with E-state index >= 15 is 0 Å². The van der Waals surface area contributed by atoms with Crippen molar-refractivity contribution in [3.63, 3.8) is 0 Å². The molecule has 0 unspecified atom stereocenters. The van der Waals surface area contributed by atoms with Crippen LogP contribution in [0.1, 0.15) is 5.56 Å². The third kappa shape index (κ3) is 4.03. The van der Waals surface area contributed by atoms with Gasteiger partial charge in [-0.05, 0) is 31.2 Å². The van der Waals surface area contributed by atoms with E-state index in [0.29, 0.717) is 11.4 Å². The standard InChI is InChI=1S/C15H15NO2S/c1-11-6-8-12(9-7-11)18-10-15(17)16-13-4-2-3-5-14(13)19/h2-9,19H,10H2,1H3,(H,16,17). The summed E-state index contributed by atoms with van der Waals surface area (Å²) in [5, 5.41) is 2.75. The lowest BCUT2D eigenvalue weighted by Gasteiger charge is -2.09. The molecule has 2 aromatic carbocycles. The second-order valence-electron chi connectivity index (χ2n) is 4.17. The molecule has 0 aliphatic carbocycles. The van der Waals surface area contributed by atoms with Crippen LogP contribution in [0.15, 0.2) is 53.4 Å². The van der Waals surface area contributed by atoms with Crippen LogP contribution in [-0.4, -0.2) is 12.5 Å². The quantitative estimate of drug-likeness (QED) is 0.839. The Bertz CT molecular complexity index is 567. The first-order valence-electron chi connectivity index (χ1n) is 5.92. The molecule has 0 atom stereocenters. The molecule has 0 radical (unpaired) electrons. The van der Waals surface area contributed by atoms with Crippen molar-refractivity contribution in [2.75, 3.05) is 11.9 Å². The van der Waals surface area contributed by atoms with Crippen LogP contribution in [0.25, 0.3) is 0 Å². The molecule has 0 saturated heterocycles. The van der Waals surface area contributed by atoms with Crippen LogP contribution in [0, 0.1) is 6.92 Å². The van der Waals surface area contributed by atoms with Gasteiger partial charge in [0.1, 0.15) is 5.75 Å². The Morgan fingerprint density at radius 1 is 1.16 bits per heavy atom. The smallest absolute Gasteiger partial charge is 0.262 e. The molecule has 0 fully saturated rings. The van der Waals surface area contributed by atoms with Gasteiger partial charge in [0.15, 0.2) is 6.61 Å². The minimum Gasteiger partial charge on any atom is -0.484 e. The Labute approximate surface area is 118 Å². The number of nitrogens with one attached hydrogen (secondary N) is 1. The Balaban J connectivity index is 1.88. The molecule has 0 spiro atoms. The molecule has 4 heteroatoms. The number of aryl methyl sites for hydroxylation is 1. The number of carbonyl (C=O) groups excluding carboxylic acids is 1. The summed E-state index contributed by atoms with van der Waals surface area (Å²) >= 11 is 4.27. The van der Waals surface area contributed by atoms with Crippen molar-refractivity contribution in [1.29, 1.82) is 0 Å². The topological polar surface area (TPSA) is 38.3 Å². The van der Waals surface area contributed by atoms with Gasteiger partial charge in [-0.25, -0.2) is 0 Å². The van der Waals surface area contributed by atoms with Crippen molar-refractivity contribution in [3.8, 4) is 5.75 Å². The lowest BCUT2D eigenvalue weighted by molar-refractivity contribution is -0.118. The summed E-state index contributed by atoms with van der Waals surface area (Å²) < 4.78 is 5.40. The van der Waals surface area contributed by atoms with Gasteiger partial charge in [-0.2, -0.15) is 0 Å². The average Bonchev–Trinajstić information content (AvgIpc) is 2.41. The maximum Gasteiger partial charge on any atom is 0.262 e. The molecule has 0 saturated carbocycles. The highest BCUT2D eigenvalue weighted by molar-refractivity contribution is 7.80. The largest absolute Gasteiger partial charge is 0.484 e. The molecule has 0 aromatic heterocycles. The number of benzene rings is 2. The SMILES string of the molecule is Cc1ccc(OCC(=O)Nc2ccccc2S)cc1. The van der Waals surface area contributed by atoms with Crippen LogP contribution in [-0.2, 0) is 4.79 Å². The predicted octanol–water partition coefficient (Wildman–Crippen LogP) is 3.30. The normalized spacial score (nSPS) is 10.0. The van der Waals surface area contributed by atoms with E-state index in [1.165, 1.54) is 0 Å². The van der Waals surface area contributed by atoms with Gasteiger partial charge in [0.2, 0.25) is 0 Å². The lowest BCUT2D eigenvalue weighted by Crippen LogP contribution is -2.20. The molecular weight excluding hydrogens is 258 g/mol. The third-order valence-corrected chi connectivity index (χ3v) is 2.96. The Hall–Kier alpha value is -1.94. The number of anilines is 1. The van der Waals surface area contributed by atoms with Gasteiger partial charge in [-0.1, -0.05) is 29.8 Å². The summed E-state index contributed by atoms with van der Waals surface area (Å²) in [6, 6.07) is 14.9. The first-order chi connectivity index (χ1) is 9.15. The summed E-state index contributed by atoms with van der Waals surface area (Å²) in [6.07, 6.45) is 0. The van der Waals surface area contributed by atoms with Gasteiger partial charge in [-0.15, -0.1) is 12.6 Å². The molecule has 98 valence electrons. The van der Waals surface area contributed by atoms with Gasteiger partial charge in [0.25, 0.3) is 5.91 Å². The van der Waals surface area contributed by atoms with E-state index in [0.717, 1.165) is 10.5 Å². The maximum absolute atomic E-state index is 11.7. The number of hydrogen-bond donors (Lipinski definition) is 2. The fourth-order valence-electron chi connectivity index (χ4n) is 1.55. The minimum atomic E-state index is -0.206. The molecule has 3 nitrogen and oxygen atoms in total. The summed E-state index contributed by atoms with van der Waals surface area (Å²) in [4.78, 5) is 12.5. The van der Waals surface area contributed by atoms with Crippen LogP contribution in [0.5, 0.6) is 5.75 Å². The second-order valence-corrected chi connectivity index (χ2v) is 4.65. The third-order valence-electron chi connectivity index (χ3n) is 2.57. The van der Waals surface area contributed by atoms with Gasteiger partial charge in [0.05, 0.1) is 5.69 Å². The van der Waals surface area contributed by atoms with Crippen molar-refractivity contribution in [2.24, 2.45) is 0 Å². The van der Waals surface area contributed by atoms with Gasteiger partial charge >= 0.3 is 0 Å². The van der Waals surface area contributed by atoms with Crippen molar-refractivity contribution in [3.05, 3.63) is 54.1 Å².